The predicted molar refractivity (Wildman–Crippen MR) is 371 cm³/mol. The molecule has 0 aromatic heterocycles. The van der Waals surface area contributed by atoms with Crippen molar-refractivity contribution in [2.45, 2.75) is 309 Å². The summed E-state index contributed by atoms with van der Waals surface area (Å²) in [7, 11) is 1.16. The normalized spacial score (nSPS) is 14.3. The largest absolute Gasteiger partial charge is 0.756 e. The monoisotopic (exact) mass is 1220 g/mol. The maximum atomic E-state index is 13.6. The van der Waals surface area contributed by atoms with Crippen LogP contribution in [0.2, 0.25) is 0 Å². The number of nitrogens with one attached hydrogen (secondary N) is 1. The van der Waals surface area contributed by atoms with Crippen molar-refractivity contribution in [3.8, 4) is 0 Å². The molecule has 0 spiro atoms. The number of unbranched alkanes of at least 4 members (excludes halogenated alkanes) is 29. The summed E-state index contributed by atoms with van der Waals surface area (Å²) in [6.45, 7) is 6.69. The van der Waals surface area contributed by atoms with Gasteiger partial charge in [0.15, 0.2) is 0 Å². The Morgan fingerprint density at radius 1 is 0.419 bits per heavy atom. The number of quaternary nitrogens is 1. The zero-order valence-corrected chi connectivity index (χ0v) is 57.4. The third-order valence-electron chi connectivity index (χ3n) is 15.1. The van der Waals surface area contributed by atoms with E-state index in [-0.39, 0.29) is 31.3 Å². The zero-order chi connectivity index (χ0) is 62.8. The molecule has 0 saturated heterocycles. The summed E-state index contributed by atoms with van der Waals surface area (Å²) < 4.78 is 30.4. The number of carbonyl (C=O) groups excluding carboxylic acids is 2. The van der Waals surface area contributed by atoms with E-state index < -0.39 is 26.6 Å². The Morgan fingerprint density at radius 3 is 1.14 bits per heavy atom. The summed E-state index contributed by atoms with van der Waals surface area (Å²) in [4.78, 5) is 40.2. The first-order chi connectivity index (χ1) is 41.9. The number of likely N-dealkylation sites (N-methyl/N-ethyl adjacent to an activating group) is 1. The molecule has 3 atom stereocenters. The van der Waals surface area contributed by atoms with Crippen molar-refractivity contribution >= 4 is 19.7 Å². The van der Waals surface area contributed by atoms with Gasteiger partial charge in [-0.1, -0.05) is 284 Å². The molecule has 494 valence electrons. The lowest BCUT2D eigenvalue weighted by Crippen LogP contribution is -2.47. The molecule has 1 N–H and O–H groups in total. The Hall–Kier alpha value is -3.59. The van der Waals surface area contributed by atoms with E-state index in [0.717, 1.165) is 128 Å². The quantitative estimate of drug-likeness (QED) is 0.0212. The van der Waals surface area contributed by atoms with Crippen LogP contribution in [0.15, 0.2) is 122 Å². The number of carbonyl (C=O) groups is 2. The number of hydrogen-bond acceptors (Lipinski definition) is 7. The maximum absolute atomic E-state index is 13.6. The van der Waals surface area contributed by atoms with Gasteiger partial charge in [0.25, 0.3) is 7.82 Å². The molecule has 86 heavy (non-hydrogen) atoms. The minimum Gasteiger partial charge on any atom is -0.756 e. The Balaban J connectivity index is 5.12. The smallest absolute Gasteiger partial charge is 0.306 e. The lowest BCUT2D eigenvalue weighted by atomic mass is 10.0. The van der Waals surface area contributed by atoms with Crippen molar-refractivity contribution in [3.05, 3.63) is 122 Å². The van der Waals surface area contributed by atoms with E-state index in [4.69, 9.17) is 13.8 Å². The van der Waals surface area contributed by atoms with Crippen LogP contribution in [0.5, 0.6) is 0 Å². The first-order valence-corrected chi connectivity index (χ1v) is 36.8. The van der Waals surface area contributed by atoms with Crippen molar-refractivity contribution in [1.82, 2.24) is 5.32 Å². The molecule has 1 amide bonds. The van der Waals surface area contributed by atoms with Crippen molar-refractivity contribution in [2.24, 2.45) is 0 Å². The predicted octanol–water partition coefficient (Wildman–Crippen LogP) is 22.0. The lowest BCUT2D eigenvalue weighted by Gasteiger charge is -2.30. The third kappa shape index (κ3) is 64.9. The fraction of sp³-hybridized carbons (Fsp3) is 0.711. The molecule has 0 rings (SSSR count). The summed E-state index contributed by atoms with van der Waals surface area (Å²) in [6, 6.07) is -0.909. The molecule has 0 heterocycles. The number of phosphoric acid groups is 1. The molecule has 0 fully saturated rings. The Morgan fingerprint density at radius 2 is 0.744 bits per heavy atom. The minimum absolute atomic E-state index is 0.0327. The molecule has 0 saturated carbocycles. The Labute approximate surface area is 531 Å². The molecule has 0 aliphatic rings. The van der Waals surface area contributed by atoms with E-state index >= 15 is 0 Å². The maximum Gasteiger partial charge on any atom is 0.306 e. The highest BCUT2D eigenvalue weighted by molar-refractivity contribution is 7.45. The second-order valence-electron chi connectivity index (χ2n) is 24.6. The van der Waals surface area contributed by atoms with Crippen molar-refractivity contribution < 1.29 is 37.3 Å². The molecule has 9 nitrogen and oxygen atoms in total. The average Bonchev–Trinajstić information content (AvgIpc) is 3.66. The van der Waals surface area contributed by atoms with Gasteiger partial charge in [0.2, 0.25) is 5.91 Å². The minimum atomic E-state index is -4.72. The molecule has 0 aliphatic carbocycles. The second kappa shape index (κ2) is 64.4. The summed E-state index contributed by atoms with van der Waals surface area (Å²) in [5, 5.41) is 3.03. The van der Waals surface area contributed by atoms with Gasteiger partial charge in [0, 0.05) is 12.8 Å². The van der Waals surface area contributed by atoms with Gasteiger partial charge in [0.1, 0.15) is 19.3 Å². The van der Waals surface area contributed by atoms with Crippen LogP contribution in [0.25, 0.3) is 0 Å². The number of esters is 1. The summed E-state index contributed by atoms with van der Waals surface area (Å²) in [5.41, 5.74) is 0. The van der Waals surface area contributed by atoms with E-state index in [1.54, 1.807) is 0 Å². The number of amides is 1. The number of nitrogens with zero attached hydrogens (tertiary/aromatic N) is 1. The van der Waals surface area contributed by atoms with E-state index in [1.807, 2.05) is 33.3 Å². The molecule has 10 heteroatoms. The molecule has 0 radical (unpaired) electrons. The highest BCUT2D eigenvalue weighted by Gasteiger charge is 2.27. The fourth-order valence-electron chi connectivity index (χ4n) is 9.71. The number of rotatable bonds is 63. The molecule has 0 aromatic rings. The van der Waals surface area contributed by atoms with Crippen molar-refractivity contribution in [1.29, 1.82) is 0 Å². The highest BCUT2D eigenvalue weighted by Crippen LogP contribution is 2.38. The lowest BCUT2D eigenvalue weighted by molar-refractivity contribution is -0.870. The number of hydrogen-bond donors (Lipinski definition) is 1. The molecule has 0 aliphatic heterocycles. The van der Waals surface area contributed by atoms with E-state index in [2.05, 4.69) is 135 Å². The van der Waals surface area contributed by atoms with Crippen LogP contribution in [0.4, 0.5) is 0 Å². The van der Waals surface area contributed by atoms with Gasteiger partial charge in [-0.15, -0.1) is 0 Å². The molecular weight excluding hydrogens is 1080 g/mol. The van der Waals surface area contributed by atoms with Gasteiger partial charge in [-0.3, -0.25) is 14.2 Å². The number of phosphoric ester groups is 1. The zero-order valence-electron chi connectivity index (χ0n) is 56.5. The van der Waals surface area contributed by atoms with E-state index in [0.29, 0.717) is 17.4 Å². The van der Waals surface area contributed by atoms with E-state index in [9.17, 15) is 19.0 Å². The first kappa shape index (κ1) is 82.4. The molecular formula is C76H133N2O7P. The number of ether oxygens (including phenoxy) is 1. The van der Waals surface area contributed by atoms with Crippen LogP contribution in [0.3, 0.4) is 0 Å². The Bertz CT molecular complexity index is 1890. The third-order valence-corrected chi connectivity index (χ3v) is 16.1. The fourth-order valence-corrected chi connectivity index (χ4v) is 10.4. The van der Waals surface area contributed by atoms with Crippen LogP contribution < -0.4 is 10.2 Å². The van der Waals surface area contributed by atoms with Gasteiger partial charge in [0.05, 0.1) is 33.8 Å². The summed E-state index contributed by atoms with van der Waals surface area (Å²) in [5.74, 6) is -0.568. The second-order valence-corrected chi connectivity index (χ2v) is 26.1. The molecule has 0 aromatic carbocycles. The Kier molecular flexibility index (Phi) is 61.7. The highest BCUT2D eigenvalue weighted by atomic mass is 31.2. The standard InChI is InChI=1S/C76H133N2O7P/c1-7-10-13-16-19-22-25-28-30-32-34-36-37-38-39-40-41-43-45-47-49-51-54-57-60-63-66-69-76(80)85-74(67-64-61-58-55-52-27-24-21-18-15-12-9-3)73(72-84-86(81,82)83-71-70-78(4,5)6)77-75(79)68-65-62-59-56-53-50-48-46-44-42-35-33-31-29-26-23-20-17-14-11-8-2/h11,14,19-20,22-23,28-31,34-36,38-39,42,46,48,64,67,73-74H,7-10,12-13,15-18,21,24-27,32-33,37,40-41,43-45,47,49-63,65-66,68-72H2,1-6H3,(H-,77,79,81,82)/b14-11-,22-19-,23-20-,30-28-,31-29-,36-34-,39-38-,42-35-,48-46-,67-64-. The van der Waals surface area contributed by atoms with Crippen LogP contribution in [0, 0.1) is 0 Å². The summed E-state index contributed by atoms with van der Waals surface area (Å²) >= 11 is 0. The van der Waals surface area contributed by atoms with Gasteiger partial charge >= 0.3 is 5.97 Å². The molecule has 0 bridgehead atoms. The molecule has 3 unspecified atom stereocenters. The van der Waals surface area contributed by atoms with Gasteiger partial charge < -0.3 is 28.5 Å². The first-order valence-electron chi connectivity index (χ1n) is 35.3. The van der Waals surface area contributed by atoms with Gasteiger partial charge in [-0.2, -0.15) is 0 Å². The van der Waals surface area contributed by atoms with Crippen molar-refractivity contribution in [2.75, 3.05) is 40.9 Å². The van der Waals surface area contributed by atoms with Crippen LogP contribution in [-0.2, 0) is 27.9 Å². The van der Waals surface area contributed by atoms with Gasteiger partial charge in [-0.25, -0.2) is 0 Å². The SMILES string of the molecule is CC/C=C\C/C=C\C/C=C\C/C=C\C/C=C\CCCCCCCC(=O)NC(COP(=O)([O-])OCC[N+](C)(C)C)C(/C=C\CCCCCCCCCCCC)OC(=O)CCCCCCCCCCCCC/C=C\C/C=C\C/C=C\C/C=C\CCCCC. The van der Waals surface area contributed by atoms with Gasteiger partial charge in [-0.05, 0) is 122 Å². The van der Waals surface area contributed by atoms with E-state index in [1.165, 1.54) is 128 Å². The van der Waals surface area contributed by atoms with Crippen LogP contribution in [0.1, 0.15) is 297 Å². The topological polar surface area (TPSA) is 114 Å². The van der Waals surface area contributed by atoms with Crippen LogP contribution in [-0.4, -0.2) is 69.4 Å². The van der Waals surface area contributed by atoms with Crippen LogP contribution >= 0.6 is 7.82 Å². The number of allylic oxidation sites excluding steroid dienone is 19. The average molecular weight is 1220 g/mol. The summed E-state index contributed by atoms with van der Waals surface area (Å²) in [6.07, 6.45) is 90.3. The van der Waals surface area contributed by atoms with Crippen molar-refractivity contribution in [3.63, 3.8) is 0 Å².